The summed E-state index contributed by atoms with van der Waals surface area (Å²) in [4.78, 5) is 11.9. The van der Waals surface area contributed by atoms with Gasteiger partial charge in [0, 0.05) is 0 Å². The van der Waals surface area contributed by atoms with Gasteiger partial charge in [0.1, 0.15) is 5.75 Å². The van der Waals surface area contributed by atoms with Crippen molar-refractivity contribution in [1.82, 2.24) is 0 Å². The van der Waals surface area contributed by atoms with Crippen LogP contribution in [0.3, 0.4) is 0 Å². The van der Waals surface area contributed by atoms with Crippen LogP contribution >= 0.6 is 0 Å². The highest BCUT2D eigenvalue weighted by Crippen LogP contribution is 2.43. The zero-order valence-corrected chi connectivity index (χ0v) is 11.7. The van der Waals surface area contributed by atoms with Crippen LogP contribution in [0.15, 0.2) is 36.4 Å². The number of rotatable bonds is 4. The summed E-state index contributed by atoms with van der Waals surface area (Å²) in [6.45, 7) is 0.352. The van der Waals surface area contributed by atoms with E-state index in [0.29, 0.717) is 24.4 Å². The first-order chi connectivity index (χ1) is 10.4. The molecule has 0 aliphatic heterocycles. The standard InChI is InChI=1S/C16H15F3O3/c17-16(18,19)22-14-5-3-11(4-6-14)15(20)21-9-13-8-10-1-2-12(13)7-10/h1-6,10,12-13H,7-9H2. The van der Waals surface area contributed by atoms with E-state index in [2.05, 4.69) is 16.9 Å². The van der Waals surface area contributed by atoms with Gasteiger partial charge in [-0.3, -0.25) is 0 Å². The second-order valence-electron chi connectivity index (χ2n) is 5.71. The molecule has 0 N–H and O–H groups in total. The zero-order valence-electron chi connectivity index (χ0n) is 11.7. The van der Waals surface area contributed by atoms with Crippen molar-refractivity contribution in [1.29, 1.82) is 0 Å². The van der Waals surface area contributed by atoms with E-state index >= 15 is 0 Å². The molecule has 0 amide bonds. The summed E-state index contributed by atoms with van der Waals surface area (Å²) < 4.78 is 45.2. The van der Waals surface area contributed by atoms with Crippen LogP contribution in [-0.4, -0.2) is 18.9 Å². The lowest BCUT2D eigenvalue weighted by atomic mass is 9.95. The van der Waals surface area contributed by atoms with Crippen LogP contribution in [0, 0.1) is 17.8 Å². The number of alkyl halides is 3. The Morgan fingerprint density at radius 1 is 1.14 bits per heavy atom. The molecule has 0 heterocycles. The summed E-state index contributed by atoms with van der Waals surface area (Å²) >= 11 is 0. The molecule has 0 spiro atoms. The van der Waals surface area contributed by atoms with Gasteiger partial charge in [0.05, 0.1) is 12.2 Å². The number of ether oxygens (including phenoxy) is 2. The minimum absolute atomic E-state index is 0.216. The molecule has 22 heavy (non-hydrogen) atoms. The molecule has 6 heteroatoms. The molecule has 1 saturated carbocycles. The third-order valence-corrected chi connectivity index (χ3v) is 4.17. The topological polar surface area (TPSA) is 35.5 Å². The molecule has 2 aliphatic carbocycles. The maximum absolute atomic E-state index is 12.0. The molecule has 3 rings (SSSR count). The first-order valence-corrected chi connectivity index (χ1v) is 7.12. The Morgan fingerprint density at radius 3 is 2.41 bits per heavy atom. The van der Waals surface area contributed by atoms with E-state index in [1.54, 1.807) is 0 Å². The van der Waals surface area contributed by atoms with Crippen LogP contribution < -0.4 is 4.74 Å². The predicted octanol–water partition coefficient (Wildman–Crippen LogP) is 3.95. The predicted molar refractivity (Wildman–Crippen MR) is 72.3 cm³/mol. The lowest BCUT2D eigenvalue weighted by Crippen LogP contribution is -2.18. The van der Waals surface area contributed by atoms with Gasteiger partial charge in [-0.05, 0) is 54.9 Å². The largest absolute Gasteiger partial charge is 0.573 e. The smallest absolute Gasteiger partial charge is 0.462 e. The highest BCUT2D eigenvalue weighted by atomic mass is 19.4. The number of esters is 1. The Kier molecular flexibility index (Phi) is 3.85. The first-order valence-electron chi connectivity index (χ1n) is 7.12. The molecule has 118 valence electrons. The Labute approximate surface area is 125 Å². The molecular formula is C16H15F3O3. The van der Waals surface area contributed by atoms with E-state index in [1.165, 1.54) is 12.1 Å². The highest BCUT2D eigenvalue weighted by molar-refractivity contribution is 5.89. The van der Waals surface area contributed by atoms with Gasteiger partial charge in [0.2, 0.25) is 0 Å². The Bertz CT molecular complexity index is 577. The zero-order chi connectivity index (χ0) is 15.7. The van der Waals surface area contributed by atoms with E-state index in [9.17, 15) is 18.0 Å². The lowest BCUT2D eigenvalue weighted by molar-refractivity contribution is -0.274. The molecule has 0 radical (unpaired) electrons. The molecule has 1 fully saturated rings. The van der Waals surface area contributed by atoms with Crippen molar-refractivity contribution < 1.29 is 27.4 Å². The van der Waals surface area contributed by atoms with E-state index in [4.69, 9.17) is 4.74 Å². The third kappa shape index (κ3) is 3.43. The van der Waals surface area contributed by atoms with Gasteiger partial charge in [-0.15, -0.1) is 13.2 Å². The van der Waals surface area contributed by atoms with E-state index in [0.717, 1.165) is 25.0 Å². The van der Waals surface area contributed by atoms with E-state index < -0.39 is 12.3 Å². The van der Waals surface area contributed by atoms with Crippen molar-refractivity contribution in [3.05, 3.63) is 42.0 Å². The lowest BCUT2D eigenvalue weighted by Gasteiger charge is -2.17. The monoisotopic (exact) mass is 312 g/mol. The van der Waals surface area contributed by atoms with E-state index in [1.807, 2.05) is 0 Å². The van der Waals surface area contributed by atoms with Crippen molar-refractivity contribution in [3.63, 3.8) is 0 Å². The number of carbonyl (C=O) groups excluding carboxylic acids is 1. The fourth-order valence-electron chi connectivity index (χ4n) is 3.14. The Balaban J connectivity index is 1.53. The number of fused-ring (bicyclic) bond motifs is 2. The van der Waals surface area contributed by atoms with Crippen LogP contribution in [0.1, 0.15) is 23.2 Å². The van der Waals surface area contributed by atoms with Crippen molar-refractivity contribution >= 4 is 5.97 Å². The van der Waals surface area contributed by atoms with Crippen LogP contribution in [0.5, 0.6) is 5.75 Å². The molecular weight excluding hydrogens is 297 g/mol. The maximum atomic E-state index is 12.0. The average molecular weight is 312 g/mol. The van der Waals surface area contributed by atoms with Crippen molar-refractivity contribution in [2.75, 3.05) is 6.61 Å². The molecule has 3 unspecified atom stereocenters. The van der Waals surface area contributed by atoms with Crippen molar-refractivity contribution in [2.24, 2.45) is 17.8 Å². The van der Waals surface area contributed by atoms with Crippen LogP contribution in [0.25, 0.3) is 0 Å². The quantitative estimate of drug-likeness (QED) is 0.624. The first kappa shape index (κ1) is 14.9. The molecule has 1 aromatic rings. The second kappa shape index (κ2) is 5.66. The Hall–Kier alpha value is -1.98. The van der Waals surface area contributed by atoms with Gasteiger partial charge in [-0.1, -0.05) is 12.2 Å². The molecule has 2 bridgehead atoms. The summed E-state index contributed by atoms with van der Waals surface area (Å²) in [5.41, 5.74) is 0.216. The number of hydrogen-bond donors (Lipinski definition) is 0. The minimum Gasteiger partial charge on any atom is -0.462 e. The summed E-state index contributed by atoms with van der Waals surface area (Å²) in [7, 11) is 0. The summed E-state index contributed by atoms with van der Waals surface area (Å²) in [5.74, 6) is 0.562. The minimum atomic E-state index is -4.74. The normalized spacial score (nSPS) is 26.2. The van der Waals surface area contributed by atoms with Gasteiger partial charge in [-0.25, -0.2) is 4.79 Å². The number of carbonyl (C=O) groups is 1. The second-order valence-corrected chi connectivity index (χ2v) is 5.71. The third-order valence-electron chi connectivity index (χ3n) is 4.17. The summed E-state index contributed by atoms with van der Waals surface area (Å²) in [5, 5.41) is 0. The van der Waals surface area contributed by atoms with Crippen molar-refractivity contribution in [3.8, 4) is 5.75 Å². The van der Waals surface area contributed by atoms with Gasteiger partial charge < -0.3 is 9.47 Å². The van der Waals surface area contributed by atoms with Crippen LogP contribution in [0.2, 0.25) is 0 Å². The molecule has 0 saturated heterocycles. The molecule has 3 nitrogen and oxygen atoms in total. The summed E-state index contributed by atoms with van der Waals surface area (Å²) in [6.07, 6.45) is 1.81. The number of hydrogen-bond acceptors (Lipinski definition) is 3. The highest BCUT2D eigenvalue weighted by Gasteiger charge is 2.36. The maximum Gasteiger partial charge on any atom is 0.573 e. The summed E-state index contributed by atoms with van der Waals surface area (Å²) in [6, 6.07) is 4.74. The molecule has 0 aromatic heterocycles. The van der Waals surface area contributed by atoms with Gasteiger partial charge in [0.15, 0.2) is 0 Å². The SMILES string of the molecule is O=C(OCC1CC2C=CC1C2)c1ccc(OC(F)(F)F)cc1. The van der Waals surface area contributed by atoms with Crippen molar-refractivity contribution in [2.45, 2.75) is 19.2 Å². The fraction of sp³-hybridized carbons (Fsp3) is 0.438. The average Bonchev–Trinajstić information content (AvgIpc) is 3.06. The molecule has 3 atom stereocenters. The number of halogens is 3. The fourth-order valence-corrected chi connectivity index (χ4v) is 3.14. The van der Waals surface area contributed by atoms with Crippen LogP contribution in [-0.2, 0) is 4.74 Å². The van der Waals surface area contributed by atoms with Gasteiger partial charge >= 0.3 is 12.3 Å². The number of benzene rings is 1. The van der Waals surface area contributed by atoms with E-state index in [-0.39, 0.29) is 11.3 Å². The Morgan fingerprint density at radius 2 is 1.86 bits per heavy atom. The number of allylic oxidation sites excluding steroid dienone is 2. The van der Waals surface area contributed by atoms with Gasteiger partial charge in [0.25, 0.3) is 0 Å². The molecule has 1 aromatic carbocycles. The van der Waals surface area contributed by atoms with Gasteiger partial charge in [-0.2, -0.15) is 0 Å². The molecule has 2 aliphatic rings. The van der Waals surface area contributed by atoms with Crippen LogP contribution in [0.4, 0.5) is 13.2 Å².